The molecule has 0 heterocycles. The maximum absolute atomic E-state index is 12.0. The molecule has 0 radical (unpaired) electrons. The number of carbonyl (C=O) groups excluding carboxylic acids is 1. The lowest BCUT2D eigenvalue weighted by atomic mass is 10.1. The molecule has 4 heteroatoms. The second kappa shape index (κ2) is 5.51. The van der Waals surface area contributed by atoms with Gasteiger partial charge >= 0.3 is 0 Å². The summed E-state index contributed by atoms with van der Waals surface area (Å²) in [5.41, 5.74) is 8.07. The Hall–Kier alpha value is -1.55. The number of carbonyl (C=O) groups is 1. The fraction of sp³-hybridized carbons (Fsp3) is 0.417. The van der Waals surface area contributed by atoms with Crippen LogP contribution < -0.4 is 11.1 Å². The summed E-state index contributed by atoms with van der Waals surface area (Å²) >= 11 is 0. The van der Waals surface area contributed by atoms with Gasteiger partial charge in [0.1, 0.15) is 0 Å². The molecule has 16 heavy (non-hydrogen) atoms. The third-order valence-corrected chi connectivity index (χ3v) is 2.57. The minimum Gasteiger partial charge on any atom is -0.398 e. The van der Waals surface area contributed by atoms with Crippen molar-refractivity contribution in [3.05, 3.63) is 29.3 Å². The number of nitrogens with one attached hydrogen (secondary N) is 1. The molecule has 1 aromatic rings. The number of nitrogens with two attached hydrogens (primary N) is 1. The van der Waals surface area contributed by atoms with Gasteiger partial charge in [-0.3, -0.25) is 4.79 Å². The van der Waals surface area contributed by atoms with Crippen molar-refractivity contribution < 1.29 is 4.79 Å². The molecule has 0 saturated heterocycles. The molecular weight excluding hydrogens is 202 g/mol. The van der Waals surface area contributed by atoms with Crippen molar-refractivity contribution in [2.24, 2.45) is 0 Å². The van der Waals surface area contributed by atoms with Gasteiger partial charge in [-0.1, -0.05) is 6.07 Å². The Labute approximate surface area is 96.4 Å². The van der Waals surface area contributed by atoms with Crippen molar-refractivity contribution in [3.63, 3.8) is 0 Å². The summed E-state index contributed by atoms with van der Waals surface area (Å²) in [6, 6.07) is 5.41. The highest BCUT2D eigenvalue weighted by Crippen LogP contribution is 2.14. The normalized spacial score (nSPS) is 10.2. The minimum absolute atomic E-state index is 0.00181. The largest absolute Gasteiger partial charge is 0.398 e. The monoisotopic (exact) mass is 221 g/mol. The number of amides is 1. The number of hydrogen-bond acceptors (Lipinski definition) is 3. The molecule has 1 amide bonds. The zero-order valence-electron chi connectivity index (χ0n) is 10.1. The van der Waals surface area contributed by atoms with E-state index >= 15 is 0 Å². The summed E-state index contributed by atoms with van der Waals surface area (Å²) in [5, 5.41) is 3.01. The highest BCUT2D eigenvalue weighted by atomic mass is 16.2. The van der Waals surface area contributed by atoms with Crippen LogP contribution in [0.4, 0.5) is 5.69 Å². The number of nitrogen functional groups attached to an aromatic ring is 1. The second-order valence-electron chi connectivity index (χ2n) is 3.90. The minimum atomic E-state index is 0.00181. The molecule has 1 aromatic carbocycles. The first kappa shape index (κ1) is 12.5. The van der Waals surface area contributed by atoms with E-state index in [0.29, 0.717) is 17.8 Å². The summed E-state index contributed by atoms with van der Waals surface area (Å²) in [4.78, 5) is 13.6. The van der Waals surface area contributed by atoms with Crippen LogP contribution in [-0.2, 0) is 0 Å². The fourth-order valence-electron chi connectivity index (χ4n) is 1.37. The first-order valence-electron chi connectivity index (χ1n) is 5.32. The van der Waals surface area contributed by atoms with E-state index < -0.39 is 0 Å². The van der Waals surface area contributed by atoms with E-state index in [-0.39, 0.29) is 5.91 Å². The molecule has 0 aliphatic rings. The number of rotatable bonds is 4. The molecule has 0 aliphatic carbocycles. The molecule has 0 saturated carbocycles. The van der Waals surface area contributed by atoms with Gasteiger partial charge in [0.25, 0.3) is 5.91 Å². The molecule has 3 N–H and O–H groups in total. The topological polar surface area (TPSA) is 58.4 Å². The molecule has 0 aliphatic heterocycles. The zero-order valence-corrected chi connectivity index (χ0v) is 10.1. The van der Waals surface area contributed by atoms with Gasteiger partial charge in [0.05, 0.1) is 0 Å². The summed E-state index contributed by atoms with van der Waals surface area (Å²) in [6.45, 7) is 3.39. The van der Waals surface area contributed by atoms with Crippen LogP contribution in [0.25, 0.3) is 0 Å². The summed E-state index contributed by atoms with van der Waals surface area (Å²) in [5.74, 6) is 0.00181. The molecule has 4 nitrogen and oxygen atoms in total. The lowest BCUT2D eigenvalue weighted by Gasteiger charge is -2.17. The lowest BCUT2D eigenvalue weighted by molar-refractivity contribution is 0.0797. The molecule has 0 aromatic heterocycles. The Bertz CT molecular complexity index is 377. The standard InChI is InChI=1S/C12H19N3O/c1-9-4-5-10(8-11(9)13)12(16)15(3)7-6-14-2/h4-5,8,14H,6-7,13H2,1-3H3. The van der Waals surface area contributed by atoms with Crippen LogP contribution in [0.3, 0.4) is 0 Å². The van der Waals surface area contributed by atoms with E-state index in [0.717, 1.165) is 12.1 Å². The number of benzene rings is 1. The Morgan fingerprint density at radius 3 is 2.75 bits per heavy atom. The number of anilines is 1. The van der Waals surface area contributed by atoms with Crippen LogP contribution in [0.15, 0.2) is 18.2 Å². The molecule has 0 fully saturated rings. The van der Waals surface area contributed by atoms with Crippen LogP contribution in [-0.4, -0.2) is 38.0 Å². The highest BCUT2D eigenvalue weighted by Gasteiger charge is 2.11. The van der Waals surface area contributed by atoms with Gasteiger partial charge in [-0.05, 0) is 31.7 Å². The van der Waals surface area contributed by atoms with Crippen molar-refractivity contribution in [3.8, 4) is 0 Å². The van der Waals surface area contributed by atoms with Gasteiger partial charge in [0.15, 0.2) is 0 Å². The average Bonchev–Trinajstić information content (AvgIpc) is 2.28. The third-order valence-electron chi connectivity index (χ3n) is 2.57. The van der Waals surface area contributed by atoms with Crippen molar-refractivity contribution in [2.45, 2.75) is 6.92 Å². The van der Waals surface area contributed by atoms with Crippen LogP contribution in [0.2, 0.25) is 0 Å². The number of nitrogens with zero attached hydrogens (tertiary/aromatic N) is 1. The van der Waals surface area contributed by atoms with E-state index in [1.807, 2.05) is 26.1 Å². The van der Waals surface area contributed by atoms with Crippen LogP contribution in [0, 0.1) is 6.92 Å². The van der Waals surface area contributed by atoms with E-state index in [9.17, 15) is 4.79 Å². The van der Waals surface area contributed by atoms with Crippen molar-refractivity contribution >= 4 is 11.6 Å². The zero-order chi connectivity index (χ0) is 12.1. The van der Waals surface area contributed by atoms with Gasteiger partial charge in [-0.25, -0.2) is 0 Å². The van der Waals surface area contributed by atoms with E-state index in [1.165, 1.54) is 0 Å². The highest BCUT2D eigenvalue weighted by molar-refractivity contribution is 5.95. The Balaban J connectivity index is 2.76. The average molecular weight is 221 g/mol. The molecular formula is C12H19N3O. The van der Waals surface area contributed by atoms with E-state index in [4.69, 9.17) is 5.73 Å². The summed E-state index contributed by atoms with van der Waals surface area (Å²) in [6.07, 6.45) is 0. The SMILES string of the molecule is CNCCN(C)C(=O)c1ccc(C)c(N)c1. The smallest absolute Gasteiger partial charge is 0.253 e. The van der Waals surface area contributed by atoms with Crippen LogP contribution >= 0.6 is 0 Å². The predicted octanol–water partition coefficient (Wildman–Crippen LogP) is 0.869. The molecule has 1 rings (SSSR count). The van der Waals surface area contributed by atoms with Gasteiger partial charge in [-0.2, -0.15) is 0 Å². The number of hydrogen-bond donors (Lipinski definition) is 2. The number of aryl methyl sites for hydroxylation is 1. The van der Waals surface area contributed by atoms with E-state index in [2.05, 4.69) is 5.32 Å². The van der Waals surface area contributed by atoms with Crippen molar-refractivity contribution in [1.29, 1.82) is 0 Å². The predicted molar refractivity (Wildman–Crippen MR) is 66.5 cm³/mol. The molecule has 0 unspecified atom stereocenters. The van der Waals surface area contributed by atoms with Crippen molar-refractivity contribution in [2.75, 3.05) is 32.9 Å². The Morgan fingerprint density at radius 1 is 1.50 bits per heavy atom. The van der Waals surface area contributed by atoms with Gasteiger partial charge < -0.3 is 16.0 Å². The third kappa shape index (κ3) is 2.97. The number of likely N-dealkylation sites (N-methyl/N-ethyl adjacent to an activating group) is 2. The summed E-state index contributed by atoms with van der Waals surface area (Å²) in [7, 11) is 3.65. The lowest BCUT2D eigenvalue weighted by Crippen LogP contribution is -2.32. The molecule has 88 valence electrons. The molecule has 0 spiro atoms. The van der Waals surface area contributed by atoms with E-state index in [1.54, 1.807) is 18.0 Å². The second-order valence-corrected chi connectivity index (χ2v) is 3.90. The maximum Gasteiger partial charge on any atom is 0.253 e. The molecule has 0 bridgehead atoms. The quantitative estimate of drug-likeness (QED) is 0.742. The molecule has 0 atom stereocenters. The Kier molecular flexibility index (Phi) is 4.31. The maximum atomic E-state index is 12.0. The van der Waals surface area contributed by atoms with Crippen LogP contribution in [0.1, 0.15) is 15.9 Å². The van der Waals surface area contributed by atoms with Gasteiger partial charge in [0, 0.05) is 31.4 Å². The first-order chi connectivity index (χ1) is 7.56. The first-order valence-corrected chi connectivity index (χ1v) is 5.32. The van der Waals surface area contributed by atoms with Crippen LogP contribution in [0.5, 0.6) is 0 Å². The Morgan fingerprint density at radius 2 is 2.19 bits per heavy atom. The van der Waals surface area contributed by atoms with Gasteiger partial charge in [-0.15, -0.1) is 0 Å². The van der Waals surface area contributed by atoms with Crippen molar-refractivity contribution in [1.82, 2.24) is 10.2 Å². The fourth-order valence-corrected chi connectivity index (χ4v) is 1.37. The summed E-state index contributed by atoms with van der Waals surface area (Å²) < 4.78 is 0. The van der Waals surface area contributed by atoms with Gasteiger partial charge in [0.2, 0.25) is 0 Å².